The Morgan fingerprint density at radius 3 is 3.00 bits per heavy atom. The Balaban J connectivity index is 1.84. The number of ether oxygens (including phenoxy) is 1. The number of carbonyl (C=O) groups excluding carboxylic acids is 1. The normalized spacial score (nSPS) is 26.3. The molecule has 2 heterocycles. The van der Waals surface area contributed by atoms with Crippen LogP contribution in [-0.2, 0) is 16.0 Å². The minimum Gasteiger partial charge on any atom is -0.378 e. The lowest BCUT2D eigenvalue weighted by Crippen LogP contribution is -2.29. The maximum atomic E-state index is 11.5. The van der Waals surface area contributed by atoms with Gasteiger partial charge in [-0.1, -0.05) is 19.1 Å². The van der Waals surface area contributed by atoms with E-state index in [0.29, 0.717) is 24.5 Å². The SMILES string of the molecule is CCNC(c1ccc2c(c1)CCC(=O)N2)C1COC(C)C1. The minimum atomic E-state index is 0.122. The van der Waals surface area contributed by atoms with Gasteiger partial charge in [0.05, 0.1) is 12.7 Å². The molecule has 3 rings (SSSR count). The number of rotatable bonds is 4. The van der Waals surface area contributed by atoms with E-state index in [0.717, 1.165) is 31.7 Å². The highest BCUT2D eigenvalue weighted by molar-refractivity contribution is 5.93. The molecule has 4 nitrogen and oxygen atoms in total. The van der Waals surface area contributed by atoms with Crippen molar-refractivity contribution in [3.8, 4) is 0 Å². The molecule has 3 unspecified atom stereocenters. The maximum absolute atomic E-state index is 11.5. The third kappa shape index (κ3) is 3.11. The molecule has 1 aromatic carbocycles. The monoisotopic (exact) mass is 288 g/mol. The predicted octanol–water partition coefficient (Wildman–Crippen LogP) is 2.65. The van der Waals surface area contributed by atoms with E-state index in [4.69, 9.17) is 4.74 Å². The van der Waals surface area contributed by atoms with Gasteiger partial charge in [0.1, 0.15) is 0 Å². The summed E-state index contributed by atoms with van der Waals surface area (Å²) in [6.07, 6.45) is 2.89. The lowest BCUT2D eigenvalue weighted by Gasteiger charge is -2.26. The summed E-state index contributed by atoms with van der Waals surface area (Å²) in [6.45, 7) is 6.06. The van der Waals surface area contributed by atoms with Crippen LogP contribution in [0.15, 0.2) is 18.2 Å². The maximum Gasteiger partial charge on any atom is 0.224 e. The van der Waals surface area contributed by atoms with Crippen molar-refractivity contribution in [1.82, 2.24) is 5.32 Å². The third-order valence-electron chi connectivity index (χ3n) is 4.51. The first-order chi connectivity index (χ1) is 10.2. The van der Waals surface area contributed by atoms with Crippen molar-refractivity contribution in [2.75, 3.05) is 18.5 Å². The van der Waals surface area contributed by atoms with Crippen LogP contribution in [0.2, 0.25) is 0 Å². The van der Waals surface area contributed by atoms with Crippen molar-refractivity contribution in [1.29, 1.82) is 0 Å². The first-order valence-corrected chi connectivity index (χ1v) is 7.95. The molecule has 0 spiro atoms. The summed E-state index contributed by atoms with van der Waals surface area (Å²) in [5.41, 5.74) is 3.54. The lowest BCUT2D eigenvalue weighted by molar-refractivity contribution is -0.116. The van der Waals surface area contributed by atoms with E-state index in [1.165, 1.54) is 11.1 Å². The zero-order chi connectivity index (χ0) is 14.8. The molecule has 1 amide bonds. The summed E-state index contributed by atoms with van der Waals surface area (Å²) in [5, 5.41) is 6.56. The number of carbonyl (C=O) groups is 1. The van der Waals surface area contributed by atoms with Crippen LogP contribution in [0.4, 0.5) is 5.69 Å². The molecule has 2 aliphatic heterocycles. The molecule has 21 heavy (non-hydrogen) atoms. The zero-order valence-electron chi connectivity index (χ0n) is 12.8. The smallest absolute Gasteiger partial charge is 0.224 e. The second-order valence-electron chi connectivity index (χ2n) is 6.14. The third-order valence-corrected chi connectivity index (χ3v) is 4.51. The van der Waals surface area contributed by atoms with Crippen molar-refractivity contribution in [2.24, 2.45) is 5.92 Å². The van der Waals surface area contributed by atoms with E-state index in [2.05, 4.69) is 36.6 Å². The van der Waals surface area contributed by atoms with E-state index in [1.54, 1.807) is 0 Å². The van der Waals surface area contributed by atoms with Gasteiger partial charge in [0.25, 0.3) is 0 Å². The van der Waals surface area contributed by atoms with Crippen LogP contribution in [0.25, 0.3) is 0 Å². The number of aryl methyl sites for hydroxylation is 1. The molecule has 4 heteroatoms. The number of anilines is 1. The van der Waals surface area contributed by atoms with Crippen molar-refractivity contribution >= 4 is 11.6 Å². The Kier molecular flexibility index (Phi) is 4.27. The second-order valence-corrected chi connectivity index (χ2v) is 6.14. The topological polar surface area (TPSA) is 50.4 Å². The van der Waals surface area contributed by atoms with Crippen LogP contribution in [0.3, 0.4) is 0 Å². The second kappa shape index (κ2) is 6.16. The molecule has 2 aliphatic rings. The molecule has 0 bridgehead atoms. The summed E-state index contributed by atoms with van der Waals surface area (Å²) in [6, 6.07) is 6.78. The Morgan fingerprint density at radius 2 is 2.29 bits per heavy atom. The number of amides is 1. The van der Waals surface area contributed by atoms with Gasteiger partial charge in [-0.3, -0.25) is 4.79 Å². The van der Waals surface area contributed by atoms with Crippen molar-refractivity contribution in [3.63, 3.8) is 0 Å². The molecule has 1 fully saturated rings. The quantitative estimate of drug-likeness (QED) is 0.895. The zero-order valence-corrected chi connectivity index (χ0v) is 12.8. The van der Waals surface area contributed by atoms with Crippen LogP contribution in [0.5, 0.6) is 0 Å². The van der Waals surface area contributed by atoms with Gasteiger partial charge >= 0.3 is 0 Å². The van der Waals surface area contributed by atoms with E-state index in [9.17, 15) is 4.79 Å². The molecular weight excluding hydrogens is 264 g/mol. The van der Waals surface area contributed by atoms with Gasteiger partial charge in [-0.25, -0.2) is 0 Å². The highest BCUT2D eigenvalue weighted by Crippen LogP contribution is 2.34. The number of fused-ring (bicyclic) bond motifs is 1. The van der Waals surface area contributed by atoms with Gasteiger partial charge < -0.3 is 15.4 Å². The van der Waals surface area contributed by atoms with Crippen LogP contribution in [-0.4, -0.2) is 25.2 Å². The fourth-order valence-corrected chi connectivity index (χ4v) is 3.46. The van der Waals surface area contributed by atoms with E-state index in [-0.39, 0.29) is 5.91 Å². The molecule has 2 N–H and O–H groups in total. The number of nitrogens with one attached hydrogen (secondary N) is 2. The molecule has 1 saturated heterocycles. The average molecular weight is 288 g/mol. The molecule has 0 radical (unpaired) electrons. The van der Waals surface area contributed by atoms with Gasteiger partial charge in [0.2, 0.25) is 5.91 Å². The fourth-order valence-electron chi connectivity index (χ4n) is 3.46. The van der Waals surface area contributed by atoms with E-state index in [1.807, 2.05) is 6.07 Å². The van der Waals surface area contributed by atoms with E-state index >= 15 is 0 Å². The van der Waals surface area contributed by atoms with Crippen LogP contribution in [0, 0.1) is 5.92 Å². The fraction of sp³-hybridized carbons (Fsp3) is 0.588. The van der Waals surface area contributed by atoms with Gasteiger partial charge in [0, 0.05) is 24.1 Å². The average Bonchev–Trinajstić information content (AvgIpc) is 2.90. The van der Waals surface area contributed by atoms with Crippen molar-refractivity contribution in [3.05, 3.63) is 29.3 Å². The van der Waals surface area contributed by atoms with Crippen LogP contribution in [0.1, 0.15) is 43.9 Å². The van der Waals surface area contributed by atoms with Gasteiger partial charge in [-0.15, -0.1) is 0 Å². The van der Waals surface area contributed by atoms with Gasteiger partial charge in [-0.05, 0) is 43.5 Å². The molecule has 114 valence electrons. The summed E-state index contributed by atoms with van der Waals surface area (Å²) in [5.74, 6) is 0.646. The molecule has 0 aliphatic carbocycles. The Morgan fingerprint density at radius 1 is 1.43 bits per heavy atom. The Bertz CT molecular complexity index is 530. The van der Waals surface area contributed by atoms with Crippen LogP contribution < -0.4 is 10.6 Å². The number of benzene rings is 1. The first-order valence-electron chi connectivity index (χ1n) is 7.95. The standard InChI is InChI=1S/C17H24N2O2/c1-3-18-17(14-8-11(2)21-10-14)13-4-6-15-12(9-13)5-7-16(20)19-15/h4,6,9,11,14,17-18H,3,5,7-8,10H2,1-2H3,(H,19,20). The minimum absolute atomic E-state index is 0.122. The first kappa shape index (κ1) is 14.5. The Labute approximate surface area is 126 Å². The van der Waals surface area contributed by atoms with Gasteiger partial charge in [0.15, 0.2) is 0 Å². The highest BCUT2D eigenvalue weighted by Gasteiger charge is 2.30. The van der Waals surface area contributed by atoms with Crippen molar-refractivity contribution < 1.29 is 9.53 Å². The molecular formula is C17H24N2O2. The number of hydrogen-bond acceptors (Lipinski definition) is 3. The summed E-state index contributed by atoms with van der Waals surface area (Å²) >= 11 is 0. The summed E-state index contributed by atoms with van der Waals surface area (Å²) in [4.78, 5) is 11.5. The molecule has 0 saturated carbocycles. The van der Waals surface area contributed by atoms with E-state index < -0.39 is 0 Å². The lowest BCUT2D eigenvalue weighted by atomic mass is 9.88. The number of hydrogen-bond donors (Lipinski definition) is 2. The van der Waals surface area contributed by atoms with Gasteiger partial charge in [-0.2, -0.15) is 0 Å². The predicted molar refractivity (Wildman–Crippen MR) is 83.3 cm³/mol. The Hall–Kier alpha value is -1.39. The summed E-state index contributed by atoms with van der Waals surface area (Å²) < 4.78 is 5.74. The molecule has 1 aromatic rings. The van der Waals surface area contributed by atoms with Crippen LogP contribution >= 0.6 is 0 Å². The van der Waals surface area contributed by atoms with Crippen molar-refractivity contribution in [2.45, 2.75) is 45.3 Å². The molecule has 3 atom stereocenters. The summed E-state index contributed by atoms with van der Waals surface area (Å²) in [7, 11) is 0. The largest absolute Gasteiger partial charge is 0.378 e. The molecule has 0 aromatic heterocycles. The highest BCUT2D eigenvalue weighted by atomic mass is 16.5.